The van der Waals surface area contributed by atoms with Crippen molar-refractivity contribution in [1.82, 2.24) is 4.98 Å². The van der Waals surface area contributed by atoms with Crippen molar-refractivity contribution >= 4 is 38.5 Å². The van der Waals surface area contributed by atoms with Gasteiger partial charge in [-0.15, -0.1) is 0 Å². The maximum atomic E-state index is 12.3. The summed E-state index contributed by atoms with van der Waals surface area (Å²) >= 11 is 3.48. The van der Waals surface area contributed by atoms with Gasteiger partial charge < -0.3 is 14.6 Å². The van der Waals surface area contributed by atoms with Gasteiger partial charge in [-0.2, -0.15) is 0 Å². The van der Waals surface area contributed by atoms with Crippen molar-refractivity contribution in [1.29, 1.82) is 0 Å². The van der Waals surface area contributed by atoms with E-state index in [0.717, 1.165) is 26.5 Å². The molecule has 0 bridgehead atoms. The zero-order valence-electron chi connectivity index (χ0n) is 14.4. The number of benzene rings is 2. The molecular weight excluding hydrogens is 396 g/mol. The van der Waals surface area contributed by atoms with E-state index < -0.39 is 5.97 Å². The van der Waals surface area contributed by atoms with Gasteiger partial charge >= 0.3 is 5.97 Å². The van der Waals surface area contributed by atoms with Gasteiger partial charge in [-0.05, 0) is 36.2 Å². The van der Waals surface area contributed by atoms with Gasteiger partial charge in [0.15, 0.2) is 5.71 Å². The molecule has 1 aromatic heterocycles. The molecular formula is C20H19BrN2O3. The minimum absolute atomic E-state index is 0.239. The zero-order chi connectivity index (χ0) is 18.4. The van der Waals surface area contributed by atoms with Crippen LogP contribution in [0.4, 0.5) is 0 Å². The van der Waals surface area contributed by atoms with E-state index in [1.165, 1.54) is 0 Å². The molecule has 0 aliphatic carbocycles. The highest BCUT2D eigenvalue weighted by Gasteiger charge is 2.17. The monoisotopic (exact) mass is 414 g/mol. The Hall–Kier alpha value is -2.60. The van der Waals surface area contributed by atoms with Crippen LogP contribution in [0.3, 0.4) is 0 Å². The average molecular weight is 415 g/mol. The number of nitrogens with one attached hydrogen (secondary N) is 1. The van der Waals surface area contributed by atoms with Crippen molar-refractivity contribution in [2.45, 2.75) is 20.0 Å². The Morgan fingerprint density at radius 2 is 2.00 bits per heavy atom. The van der Waals surface area contributed by atoms with E-state index in [4.69, 9.17) is 9.57 Å². The first-order valence-corrected chi connectivity index (χ1v) is 9.12. The maximum Gasteiger partial charge on any atom is 0.356 e. The van der Waals surface area contributed by atoms with Crippen LogP contribution in [0, 0.1) is 0 Å². The summed E-state index contributed by atoms with van der Waals surface area (Å²) in [6.45, 7) is 2.35. The Labute approximate surface area is 160 Å². The van der Waals surface area contributed by atoms with E-state index in [0.29, 0.717) is 13.0 Å². The molecule has 0 radical (unpaired) electrons. The summed E-state index contributed by atoms with van der Waals surface area (Å²) in [6, 6.07) is 15.6. The molecule has 0 unspecified atom stereocenters. The number of carbonyl (C=O) groups is 1. The van der Waals surface area contributed by atoms with Crippen LogP contribution < -0.4 is 0 Å². The Morgan fingerprint density at radius 1 is 1.19 bits per heavy atom. The van der Waals surface area contributed by atoms with Crippen molar-refractivity contribution in [2.75, 3.05) is 6.61 Å². The number of ether oxygens (including phenoxy) is 1. The lowest BCUT2D eigenvalue weighted by molar-refractivity contribution is -0.135. The highest BCUT2D eigenvalue weighted by atomic mass is 79.9. The molecule has 6 heteroatoms. The number of H-pyrrole nitrogens is 1. The van der Waals surface area contributed by atoms with Crippen LogP contribution in [-0.4, -0.2) is 23.3 Å². The van der Waals surface area contributed by atoms with E-state index in [1.54, 1.807) is 6.92 Å². The summed E-state index contributed by atoms with van der Waals surface area (Å²) in [7, 11) is 0. The highest BCUT2D eigenvalue weighted by Crippen LogP contribution is 2.23. The molecule has 1 heterocycles. The second-order valence-corrected chi connectivity index (χ2v) is 6.61. The second kappa shape index (κ2) is 8.67. The van der Waals surface area contributed by atoms with Crippen molar-refractivity contribution in [3.05, 3.63) is 70.3 Å². The SMILES string of the molecule is CCOC(=O)/C(Cc1c[nH]c2ccc(Br)cc12)=N/OCc1ccccc1. The van der Waals surface area contributed by atoms with Crippen LogP contribution in [0.5, 0.6) is 0 Å². The third kappa shape index (κ3) is 4.52. The summed E-state index contributed by atoms with van der Waals surface area (Å²) in [5, 5.41) is 5.09. The van der Waals surface area contributed by atoms with Crippen molar-refractivity contribution < 1.29 is 14.4 Å². The van der Waals surface area contributed by atoms with Gasteiger partial charge in [-0.3, -0.25) is 0 Å². The van der Waals surface area contributed by atoms with Crippen molar-refractivity contribution in [3.8, 4) is 0 Å². The third-order valence-corrected chi connectivity index (χ3v) is 4.34. The predicted octanol–water partition coefficient (Wildman–Crippen LogP) is 4.61. The first-order valence-electron chi connectivity index (χ1n) is 8.32. The summed E-state index contributed by atoms with van der Waals surface area (Å²) in [5.41, 5.74) is 3.17. The van der Waals surface area contributed by atoms with Crippen molar-refractivity contribution in [3.63, 3.8) is 0 Å². The summed E-state index contributed by atoms with van der Waals surface area (Å²) in [4.78, 5) is 20.9. The lowest BCUT2D eigenvalue weighted by Crippen LogP contribution is -2.20. The van der Waals surface area contributed by atoms with Gasteiger partial charge in [0.2, 0.25) is 0 Å². The van der Waals surface area contributed by atoms with E-state index in [9.17, 15) is 4.79 Å². The molecule has 0 aliphatic heterocycles. The number of carbonyl (C=O) groups excluding carboxylic acids is 1. The molecule has 3 rings (SSSR count). The minimum atomic E-state index is -0.468. The van der Waals surface area contributed by atoms with E-state index in [2.05, 4.69) is 26.1 Å². The predicted molar refractivity (Wildman–Crippen MR) is 105 cm³/mol. The van der Waals surface area contributed by atoms with Gasteiger partial charge in [0.25, 0.3) is 0 Å². The summed E-state index contributed by atoms with van der Waals surface area (Å²) < 4.78 is 6.10. The van der Waals surface area contributed by atoms with E-state index in [1.807, 2.05) is 54.7 Å². The molecule has 0 saturated heterocycles. The second-order valence-electron chi connectivity index (χ2n) is 5.70. The average Bonchev–Trinajstić information content (AvgIpc) is 3.04. The topological polar surface area (TPSA) is 63.7 Å². The number of aromatic nitrogens is 1. The molecule has 1 N–H and O–H groups in total. The molecule has 134 valence electrons. The third-order valence-electron chi connectivity index (χ3n) is 3.85. The maximum absolute atomic E-state index is 12.3. The molecule has 0 fully saturated rings. The van der Waals surface area contributed by atoms with Crippen LogP contribution in [0.25, 0.3) is 10.9 Å². The smallest absolute Gasteiger partial charge is 0.356 e. The van der Waals surface area contributed by atoms with Crippen LogP contribution in [0.2, 0.25) is 0 Å². The van der Waals surface area contributed by atoms with Crippen LogP contribution >= 0.6 is 15.9 Å². The number of rotatable bonds is 7. The fraction of sp³-hybridized carbons (Fsp3) is 0.200. The van der Waals surface area contributed by atoms with Crippen LogP contribution in [0.15, 0.2) is 64.4 Å². The number of aromatic amines is 1. The lowest BCUT2D eigenvalue weighted by atomic mass is 10.1. The Kier molecular flexibility index (Phi) is 6.07. The number of hydrogen-bond donors (Lipinski definition) is 1. The molecule has 0 spiro atoms. The van der Waals surface area contributed by atoms with Crippen LogP contribution in [-0.2, 0) is 27.4 Å². The van der Waals surface area contributed by atoms with Gasteiger partial charge in [-0.25, -0.2) is 4.79 Å². The van der Waals surface area contributed by atoms with Gasteiger partial charge in [0.1, 0.15) is 6.61 Å². The molecule has 0 aliphatic rings. The standard InChI is InChI=1S/C20H19BrN2O3/c1-2-25-20(24)19(23-26-13-14-6-4-3-5-7-14)10-15-12-22-18-9-8-16(21)11-17(15)18/h3-9,11-12,22H,2,10,13H2,1H3/b23-19+. The zero-order valence-corrected chi connectivity index (χ0v) is 16.0. The first kappa shape index (κ1) is 18.2. The number of oxime groups is 1. The first-order chi connectivity index (χ1) is 12.7. The van der Waals surface area contributed by atoms with E-state index >= 15 is 0 Å². The molecule has 2 aromatic carbocycles. The molecule has 3 aromatic rings. The fourth-order valence-corrected chi connectivity index (χ4v) is 2.95. The normalized spacial score (nSPS) is 11.5. The molecule has 0 amide bonds. The number of fused-ring (bicyclic) bond motifs is 1. The molecule has 5 nitrogen and oxygen atoms in total. The number of esters is 1. The van der Waals surface area contributed by atoms with Crippen LogP contribution in [0.1, 0.15) is 18.1 Å². The quantitative estimate of drug-likeness (QED) is 0.348. The van der Waals surface area contributed by atoms with Crippen molar-refractivity contribution in [2.24, 2.45) is 5.16 Å². The van der Waals surface area contributed by atoms with Gasteiger partial charge in [0, 0.05) is 28.0 Å². The largest absolute Gasteiger partial charge is 0.461 e. The fourth-order valence-electron chi connectivity index (χ4n) is 2.59. The molecule has 0 saturated carbocycles. The van der Waals surface area contributed by atoms with Gasteiger partial charge in [0.05, 0.1) is 6.61 Å². The number of halogens is 1. The molecule has 26 heavy (non-hydrogen) atoms. The summed E-state index contributed by atoms with van der Waals surface area (Å²) in [5.74, 6) is -0.468. The Morgan fingerprint density at radius 3 is 2.77 bits per heavy atom. The number of hydrogen-bond acceptors (Lipinski definition) is 4. The minimum Gasteiger partial charge on any atom is -0.461 e. The number of nitrogens with zero attached hydrogens (tertiary/aromatic N) is 1. The van der Waals surface area contributed by atoms with Gasteiger partial charge in [-0.1, -0.05) is 51.4 Å². The lowest BCUT2D eigenvalue weighted by Gasteiger charge is -2.06. The van der Waals surface area contributed by atoms with E-state index in [-0.39, 0.29) is 12.3 Å². The summed E-state index contributed by atoms with van der Waals surface area (Å²) in [6.07, 6.45) is 2.20. The highest BCUT2D eigenvalue weighted by molar-refractivity contribution is 9.10. The Bertz CT molecular complexity index is 919. The molecule has 0 atom stereocenters. The Balaban J connectivity index is 1.80.